The molecular weight excluding hydrogens is 428 g/mol. The Hall–Kier alpha value is -3.77. The maximum atomic E-state index is 13.6. The number of hydrogen-bond acceptors (Lipinski definition) is 7. The minimum absolute atomic E-state index is 0.173. The zero-order chi connectivity index (χ0) is 23.8. The Labute approximate surface area is 197 Å². The van der Waals surface area contributed by atoms with E-state index >= 15 is 0 Å². The summed E-state index contributed by atoms with van der Waals surface area (Å²) in [6.07, 6.45) is 1.68. The van der Waals surface area contributed by atoms with Gasteiger partial charge in [-0.25, -0.2) is 19.6 Å². The van der Waals surface area contributed by atoms with Gasteiger partial charge in [-0.2, -0.15) is 5.10 Å². The van der Waals surface area contributed by atoms with Crippen LogP contribution in [-0.2, 0) is 13.1 Å². The second-order valence-corrected chi connectivity index (χ2v) is 8.68. The minimum atomic E-state index is -0.173. The molecule has 4 aromatic rings. The van der Waals surface area contributed by atoms with Gasteiger partial charge in [-0.1, -0.05) is 12.0 Å². The van der Waals surface area contributed by atoms with Crippen molar-refractivity contribution >= 4 is 28.0 Å². The first kappa shape index (κ1) is 22.0. The van der Waals surface area contributed by atoms with E-state index in [-0.39, 0.29) is 5.56 Å². The minimum Gasteiger partial charge on any atom is -0.340 e. The summed E-state index contributed by atoms with van der Waals surface area (Å²) in [6, 6.07) is 4.04. The van der Waals surface area contributed by atoms with E-state index in [2.05, 4.69) is 38.2 Å². The van der Waals surface area contributed by atoms with Crippen LogP contribution in [-0.4, -0.2) is 55.5 Å². The number of aryl methyl sites for hydroxylation is 3. The zero-order valence-corrected chi connectivity index (χ0v) is 20.0. The third kappa shape index (κ3) is 3.90. The predicted octanol–water partition coefficient (Wildman–Crippen LogP) is 1.94. The van der Waals surface area contributed by atoms with E-state index in [4.69, 9.17) is 9.97 Å². The van der Waals surface area contributed by atoms with E-state index in [0.29, 0.717) is 24.1 Å². The van der Waals surface area contributed by atoms with Gasteiger partial charge in [-0.15, -0.1) is 5.92 Å². The number of benzene rings is 1. The summed E-state index contributed by atoms with van der Waals surface area (Å²) >= 11 is 0. The van der Waals surface area contributed by atoms with E-state index in [1.54, 1.807) is 13.1 Å². The molecule has 0 unspecified atom stereocenters. The van der Waals surface area contributed by atoms with Gasteiger partial charge in [0.2, 0.25) is 5.95 Å². The van der Waals surface area contributed by atoms with E-state index in [9.17, 15) is 4.79 Å². The van der Waals surface area contributed by atoms with Crippen molar-refractivity contribution in [1.29, 1.82) is 0 Å². The molecule has 0 saturated carbocycles. The number of imidazole rings is 1. The number of nitrogens with zero attached hydrogens (tertiary/aromatic N) is 7. The number of fused-ring (bicyclic) bond motifs is 2. The number of aromatic nitrogens is 6. The number of nitrogens with one attached hydrogen (secondary N) is 1. The molecule has 0 amide bonds. The van der Waals surface area contributed by atoms with Gasteiger partial charge in [0, 0.05) is 26.2 Å². The van der Waals surface area contributed by atoms with Gasteiger partial charge in [0.25, 0.3) is 5.56 Å². The van der Waals surface area contributed by atoms with Crippen molar-refractivity contribution in [2.24, 2.45) is 0 Å². The zero-order valence-electron chi connectivity index (χ0n) is 20.0. The third-order valence-electron chi connectivity index (χ3n) is 6.31. The highest BCUT2D eigenvalue weighted by Gasteiger charge is 2.21. The molecule has 1 aliphatic heterocycles. The summed E-state index contributed by atoms with van der Waals surface area (Å²) in [5.74, 6) is 6.82. The molecule has 1 aromatic carbocycles. The van der Waals surface area contributed by atoms with Crippen LogP contribution in [0.25, 0.3) is 22.1 Å². The van der Waals surface area contributed by atoms with Crippen LogP contribution < -0.4 is 15.8 Å². The molecular formula is C25H28N8O. The van der Waals surface area contributed by atoms with Crippen molar-refractivity contribution in [3.63, 3.8) is 0 Å². The highest BCUT2D eigenvalue weighted by atomic mass is 16.1. The summed E-state index contributed by atoms with van der Waals surface area (Å²) < 4.78 is 3.43. The molecule has 1 aliphatic rings. The summed E-state index contributed by atoms with van der Waals surface area (Å²) in [5.41, 5.74) is 6.50. The van der Waals surface area contributed by atoms with Crippen LogP contribution in [0.15, 0.2) is 23.1 Å². The van der Waals surface area contributed by atoms with E-state index in [1.165, 1.54) is 4.68 Å². The summed E-state index contributed by atoms with van der Waals surface area (Å²) in [4.78, 5) is 30.0. The molecule has 0 bridgehead atoms. The lowest BCUT2D eigenvalue weighted by Crippen LogP contribution is -2.44. The average molecular weight is 457 g/mol. The van der Waals surface area contributed by atoms with Crippen molar-refractivity contribution in [3.8, 4) is 11.8 Å². The van der Waals surface area contributed by atoms with E-state index in [0.717, 1.165) is 65.7 Å². The second kappa shape index (κ2) is 8.88. The molecule has 0 atom stereocenters. The molecule has 1 saturated heterocycles. The van der Waals surface area contributed by atoms with Crippen LogP contribution in [0.2, 0.25) is 0 Å². The second-order valence-electron chi connectivity index (χ2n) is 8.68. The van der Waals surface area contributed by atoms with Gasteiger partial charge in [0.05, 0.1) is 41.7 Å². The van der Waals surface area contributed by atoms with Gasteiger partial charge >= 0.3 is 0 Å². The molecule has 3 aromatic heterocycles. The van der Waals surface area contributed by atoms with Gasteiger partial charge in [-0.3, -0.25) is 9.36 Å². The Kier molecular flexibility index (Phi) is 5.75. The molecule has 0 aliphatic carbocycles. The number of hydrogen-bond donors (Lipinski definition) is 1. The average Bonchev–Trinajstić information content (AvgIpc) is 3.21. The fourth-order valence-electron chi connectivity index (χ4n) is 4.44. The quantitative estimate of drug-likeness (QED) is 0.469. The number of anilines is 1. The molecule has 5 rings (SSSR count). The van der Waals surface area contributed by atoms with Crippen LogP contribution >= 0.6 is 0 Å². The highest BCUT2D eigenvalue weighted by Crippen LogP contribution is 2.22. The maximum absolute atomic E-state index is 13.6. The maximum Gasteiger partial charge on any atom is 0.293 e. The van der Waals surface area contributed by atoms with Gasteiger partial charge in [0.15, 0.2) is 0 Å². The Morgan fingerprint density at radius 1 is 1.03 bits per heavy atom. The van der Waals surface area contributed by atoms with Crippen molar-refractivity contribution in [1.82, 2.24) is 34.6 Å². The topological polar surface area (TPSA) is 93.8 Å². The molecule has 1 N–H and O–H groups in total. The van der Waals surface area contributed by atoms with Crippen molar-refractivity contribution in [2.45, 2.75) is 40.8 Å². The van der Waals surface area contributed by atoms with E-state index < -0.39 is 0 Å². The first-order chi connectivity index (χ1) is 16.5. The van der Waals surface area contributed by atoms with Crippen LogP contribution in [0, 0.1) is 32.6 Å². The Bertz CT molecular complexity index is 1520. The van der Waals surface area contributed by atoms with Gasteiger partial charge in [0.1, 0.15) is 11.0 Å². The standard InChI is InChI=1S/C25H28N8O/c1-5-6-9-32-23-21(30-25(32)31-10-7-26-8-11-31)14-27-33(24(23)34)15-19-12-16(2)22-20(13-19)28-17(3)18(4)29-22/h12-14,26H,7-11,15H2,1-4H3. The van der Waals surface area contributed by atoms with Crippen molar-refractivity contribution in [3.05, 3.63) is 51.2 Å². The Balaban J connectivity index is 1.59. The smallest absolute Gasteiger partial charge is 0.293 e. The van der Waals surface area contributed by atoms with Gasteiger partial charge in [-0.05, 0) is 44.9 Å². The lowest BCUT2D eigenvalue weighted by molar-refractivity contribution is 0.572. The lowest BCUT2D eigenvalue weighted by Gasteiger charge is -2.28. The van der Waals surface area contributed by atoms with Crippen LogP contribution in [0.5, 0.6) is 0 Å². The fraction of sp³-hybridized carbons (Fsp3) is 0.400. The van der Waals surface area contributed by atoms with Crippen molar-refractivity contribution < 1.29 is 0 Å². The highest BCUT2D eigenvalue weighted by molar-refractivity contribution is 5.79. The van der Waals surface area contributed by atoms with Crippen LogP contribution in [0.3, 0.4) is 0 Å². The van der Waals surface area contributed by atoms with Crippen LogP contribution in [0.4, 0.5) is 5.95 Å². The first-order valence-corrected chi connectivity index (χ1v) is 11.5. The SMILES string of the molecule is CC#CCn1c(N2CCNCC2)nc2cnn(Cc3cc(C)c4nc(C)c(C)nc4c3)c(=O)c21. The normalized spacial score (nSPS) is 13.9. The van der Waals surface area contributed by atoms with Crippen LogP contribution in [0.1, 0.15) is 29.4 Å². The lowest BCUT2D eigenvalue weighted by atomic mass is 10.1. The van der Waals surface area contributed by atoms with Crippen molar-refractivity contribution in [2.75, 3.05) is 31.1 Å². The molecule has 0 spiro atoms. The summed E-state index contributed by atoms with van der Waals surface area (Å²) in [7, 11) is 0. The predicted molar refractivity (Wildman–Crippen MR) is 133 cm³/mol. The first-order valence-electron chi connectivity index (χ1n) is 11.5. The Morgan fingerprint density at radius 3 is 2.56 bits per heavy atom. The Morgan fingerprint density at radius 2 is 1.79 bits per heavy atom. The molecule has 34 heavy (non-hydrogen) atoms. The summed E-state index contributed by atoms with van der Waals surface area (Å²) in [5, 5.41) is 7.81. The molecule has 9 nitrogen and oxygen atoms in total. The molecule has 9 heteroatoms. The summed E-state index contributed by atoms with van der Waals surface area (Å²) in [6.45, 7) is 11.9. The molecule has 4 heterocycles. The fourth-order valence-corrected chi connectivity index (χ4v) is 4.44. The molecule has 1 fully saturated rings. The third-order valence-corrected chi connectivity index (χ3v) is 6.31. The monoisotopic (exact) mass is 456 g/mol. The number of rotatable bonds is 4. The van der Waals surface area contributed by atoms with Gasteiger partial charge < -0.3 is 10.2 Å². The molecule has 174 valence electrons. The molecule has 0 radical (unpaired) electrons. The number of piperazine rings is 1. The largest absolute Gasteiger partial charge is 0.340 e. The van der Waals surface area contributed by atoms with E-state index in [1.807, 2.05) is 31.4 Å².